The van der Waals surface area contributed by atoms with Crippen molar-refractivity contribution in [3.63, 3.8) is 0 Å². The van der Waals surface area contributed by atoms with Crippen LogP contribution in [0.2, 0.25) is 0 Å². The molecule has 0 amide bonds. The van der Waals surface area contributed by atoms with E-state index in [0.29, 0.717) is 24.2 Å². The Kier molecular flexibility index (Phi) is 4.35. The van der Waals surface area contributed by atoms with Gasteiger partial charge in [-0.2, -0.15) is 10.4 Å². The third kappa shape index (κ3) is 3.22. The standard InChI is InChI=1S/C14H18N4O/c1-2-3-4-7-18-14(11(9-15)10-16-18)17-12-5-6-13(19)8-12/h8,10,17H,2-7H2,1H3. The smallest absolute Gasteiger partial charge is 0.157 e. The molecule has 5 heteroatoms. The van der Waals surface area contributed by atoms with E-state index in [1.54, 1.807) is 12.3 Å². The van der Waals surface area contributed by atoms with Crippen molar-refractivity contribution >= 4 is 11.6 Å². The fraction of sp³-hybridized carbons (Fsp3) is 0.500. The van der Waals surface area contributed by atoms with E-state index in [2.05, 4.69) is 23.4 Å². The van der Waals surface area contributed by atoms with Crippen LogP contribution >= 0.6 is 0 Å². The second-order valence-electron chi connectivity index (χ2n) is 4.71. The molecule has 1 aliphatic rings. The predicted octanol–water partition coefficient (Wildman–Crippen LogP) is 2.60. The number of aryl methyl sites for hydroxylation is 1. The van der Waals surface area contributed by atoms with Gasteiger partial charge in [0.15, 0.2) is 5.78 Å². The number of ketones is 1. The summed E-state index contributed by atoms with van der Waals surface area (Å²) in [6.45, 7) is 2.94. The minimum atomic E-state index is 0.137. The molecule has 1 aliphatic carbocycles. The quantitative estimate of drug-likeness (QED) is 0.796. The number of aromatic nitrogens is 2. The Morgan fingerprint density at radius 3 is 2.95 bits per heavy atom. The molecule has 0 saturated heterocycles. The number of allylic oxidation sites excluding steroid dienone is 2. The molecule has 0 aromatic carbocycles. The molecule has 1 heterocycles. The van der Waals surface area contributed by atoms with Crippen LogP contribution in [0.3, 0.4) is 0 Å². The topological polar surface area (TPSA) is 70.7 Å². The van der Waals surface area contributed by atoms with Gasteiger partial charge < -0.3 is 5.32 Å². The van der Waals surface area contributed by atoms with Gasteiger partial charge in [-0.1, -0.05) is 19.8 Å². The van der Waals surface area contributed by atoms with Crippen LogP contribution in [0.15, 0.2) is 18.0 Å². The molecule has 0 saturated carbocycles. The number of anilines is 1. The van der Waals surface area contributed by atoms with Gasteiger partial charge in [-0.25, -0.2) is 4.68 Å². The first-order valence-electron chi connectivity index (χ1n) is 6.71. The van der Waals surface area contributed by atoms with Gasteiger partial charge >= 0.3 is 0 Å². The lowest BCUT2D eigenvalue weighted by Crippen LogP contribution is -2.08. The molecular formula is C14H18N4O. The second-order valence-corrected chi connectivity index (χ2v) is 4.71. The molecule has 5 nitrogen and oxygen atoms in total. The van der Waals surface area contributed by atoms with E-state index < -0.39 is 0 Å². The third-order valence-corrected chi connectivity index (χ3v) is 3.19. The first-order valence-corrected chi connectivity index (χ1v) is 6.71. The lowest BCUT2D eigenvalue weighted by atomic mass is 10.2. The number of rotatable bonds is 6. The maximum Gasteiger partial charge on any atom is 0.157 e. The van der Waals surface area contributed by atoms with Crippen molar-refractivity contribution in [2.45, 2.75) is 45.6 Å². The zero-order valence-corrected chi connectivity index (χ0v) is 11.1. The molecular weight excluding hydrogens is 240 g/mol. The van der Waals surface area contributed by atoms with Gasteiger partial charge in [0, 0.05) is 24.7 Å². The molecule has 0 atom stereocenters. The Morgan fingerprint density at radius 1 is 1.47 bits per heavy atom. The molecule has 1 N–H and O–H groups in total. The van der Waals surface area contributed by atoms with E-state index in [1.165, 1.54) is 0 Å². The Bertz CT molecular complexity index is 536. The van der Waals surface area contributed by atoms with Gasteiger partial charge in [0.2, 0.25) is 0 Å². The molecule has 0 spiro atoms. The second kappa shape index (κ2) is 6.19. The minimum absolute atomic E-state index is 0.137. The highest BCUT2D eigenvalue weighted by molar-refractivity contribution is 5.93. The lowest BCUT2D eigenvalue weighted by molar-refractivity contribution is -0.114. The molecule has 0 aliphatic heterocycles. The van der Waals surface area contributed by atoms with Crippen molar-refractivity contribution in [2.75, 3.05) is 5.32 Å². The van der Waals surface area contributed by atoms with E-state index in [1.807, 2.05) is 4.68 Å². The van der Waals surface area contributed by atoms with Crippen molar-refractivity contribution in [1.82, 2.24) is 9.78 Å². The summed E-state index contributed by atoms with van der Waals surface area (Å²) in [5.41, 5.74) is 1.40. The zero-order chi connectivity index (χ0) is 13.7. The number of hydrogen-bond acceptors (Lipinski definition) is 4. The van der Waals surface area contributed by atoms with Gasteiger partial charge in [0.05, 0.1) is 6.20 Å². The van der Waals surface area contributed by atoms with Gasteiger partial charge in [-0.15, -0.1) is 0 Å². The lowest BCUT2D eigenvalue weighted by Gasteiger charge is -2.10. The Labute approximate surface area is 112 Å². The summed E-state index contributed by atoms with van der Waals surface area (Å²) in [4.78, 5) is 11.2. The van der Waals surface area contributed by atoms with Crippen LogP contribution in [-0.2, 0) is 11.3 Å². The maximum atomic E-state index is 11.2. The van der Waals surface area contributed by atoms with Crippen molar-refractivity contribution < 1.29 is 4.79 Å². The average Bonchev–Trinajstić information content (AvgIpc) is 2.98. The van der Waals surface area contributed by atoms with Crippen LogP contribution in [0, 0.1) is 11.3 Å². The molecule has 1 aromatic heterocycles. The number of nitriles is 1. The summed E-state index contributed by atoms with van der Waals surface area (Å²) >= 11 is 0. The molecule has 0 radical (unpaired) electrons. The summed E-state index contributed by atoms with van der Waals surface area (Å²) in [5.74, 6) is 0.845. The van der Waals surface area contributed by atoms with Crippen LogP contribution in [0.25, 0.3) is 0 Å². The van der Waals surface area contributed by atoms with Gasteiger partial charge in [-0.3, -0.25) is 4.79 Å². The third-order valence-electron chi connectivity index (χ3n) is 3.19. The number of nitrogens with one attached hydrogen (secondary N) is 1. The summed E-state index contributed by atoms with van der Waals surface area (Å²) < 4.78 is 1.82. The van der Waals surface area contributed by atoms with Crippen molar-refractivity contribution in [3.8, 4) is 6.07 Å². The largest absolute Gasteiger partial charge is 0.343 e. The van der Waals surface area contributed by atoms with Crippen molar-refractivity contribution in [2.24, 2.45) is 0 Å². The van der Waals surface area contributed by atoms with Gasteiger partial charge in [-0.05, 0) is 12.8 Å². The van der Waals surface area contributed by atoms with E-state index in [-0.39, 0.29) is 5.78 Å². The highest BCUT2D eigenvalue weighted by Gasteiger charge is 2.16. The highest BCUT2D eigenvalue weighted by Crippen LogP contribution is 2.22. The maximum absolute atomic E-state index is 11.2. The monoisotopic (exact) mass is 258 g/mol. The van der Waals surface area contributed by atoms with Crippen molar-refractivity contribution in [3.05, 3.63) is 23.5 Å². The summed E-state index contributed by atoms with van der Waals surface area (Å²) in [6.07, 6.45) is 7.78. The van der Waals surface area contributed by atoms with Crippen LogP contribution in [0.1, 0.15) is 44.6 Å². The summed E-state index contributed by atoms with van der Waals surface area (Å²) in [6, 6.07) is 2.13. The molecule has 2 rings (SSSR count). The fourth-order valence-corrected chi connectivity index (χ4v) is 2.13. The number of carbonyl (C=O) groups is 1. The van der Waals surface area contributed by atoms with Crippen LogP contribution in [0.5, 0.6) is 0 Å². The SMILES string of the molecule is CCCCCn1ncc(C#N)c1NC1=CC(=O)CC1. The van der Waals surface area contributed by atoms with Gasteiger partial charge in [0.25, 0.3) is 0 Å². The summed E-state index contributed by atoms with van der Waals surface area (Å²) in [7, 11) is 0. The summed E-state index contributed by atoms with van der Waals surface area (Å²) in [5, 5.41) is 16.5. The first-order chi connectivity index (χ1) is 9.24. The Morgan fingerprint density at radius 2 is 2.32 bits per heavy atom. The fourth-order valence-electron chi connectivity index (χ4n) is 2.13. The number of hydrogen-bond donors (Lipinski definition) is 1. The normalized spacial score (nSPS) is 14.3. The van der Waals surface area contributed by atoms with Crippen LogP contribution < -0.4 is 5.32 Å². The predicted molar refractivity (Wildman–Crippen MR) is 72.4 cm³/mol. The minimum Gasteiger partial charge on any atom is -0.343 e. The average molecular weight is 258 g/mol. The van der Waals surface area contributed by atoms with Crippen LogP contribution in [-0.4, -0.2) is 15.6 Å². The van der Waals surface area contributed by atoms with E-state index in [9.17, 15) is 4.79 Å². The number of nitrogens with zero attached hydrogens (tertiary/aromatic N) is 3. The molecule has 0 bridgehead atoms. The molecule has 100 valence electrons. The first kappa shape index (κ1) is 13.3. The number of carbonyl (C=O) groups excluding carboxylic acids is 1. The molecule has 0 fully saturated rings. The molecule has 0 unspecified atom stereocenters. The van der Waals surface area contributed by atoms with E-state index >= 15 is 0 Å². The zero-order valence-electron chi connectivity index (χ0n) is 11.1. The highest BCUT2D eigenvalue weighted by atomic mass is 16.1. The molecule has 1 aromatic rings. The van der Waals surface area contributed by atoms with Crippen molar-refractivity contribution in [1.29, 1.82) is 5.26 Å². The number of unbranched alkanes of at least 4 members (excludes halogenated alkanes) is 2. The Hall–Kier alpha value is -2.09. The molecule has 19 heavy (non-hydrogen) atoms. The van der Waals surface area contributed by atoms with E-state index in [0.717, 1.165) is 31.5 Å². The van der Waals surface area contributed by atoms with Gasteiger partial charge in [0.1, 0.15) is 17.5 Å². The Balaban J connectivity index is 2.12. The van der Waals surface area contributed by atoms with E-state index in [4.69, 9.17) is 5.26 Å². The van der Waals surface area contributed by atoms with Crippen LogP contribution in [0.4, 0.5) is 5.82 Å².